The number of carbonyl (C=O) groups excluding carboxylic acids is 1. The molecule has 2 heteroatoms. The Bertz CT molecular complexity index is 334. The van der Waals surface area contributed by atoms with E-state index < -0.39 is 0 Å². The van der Waals surface area contributed by atoms with Crippen LogP contribution in [-0.4, -0.2) is 11.0 Å². The highest BCUT2D eigenvalue weighted by Crippen LogP contribution is 2.30. The van der Waals surface area contributed by atoms with Crippen LogP contribution in [0.25, 0.3) is 0 Å². The topological polar surface area (TPSA) is 17.1 Å². The van der Waals surface area contributed by atoms with Crippen LogP contribution in [0.1, 0.15) is 38.5 Å². The van der Waals surface area contributed by atoms with E-state index in [-0.39, 0.29) is 0 Å². The predicted molar refractivity (Wildman–Crippen MR) is 68.8 cm³/mol. The van der Waals surface area contributed by atoms with Crippen molar-refractivity contribution in [3.8, 4) is 0 Å². The van der Waals surface area contributed by atoms with Crippen LogP contribution < -0.4 is 0 Å². The van der Waals surface area contributed by atoms with Gasteiger partial charge in [0.15, 0.2) is 0 Å². The second kappa shape index (κ2) is 6.09. The highest BCUT2D eigenvalue weighted by atomic mass is 32.2. The number of thioether (sulfide) groups is 1. The summed E-state index contributed by atoms with van der Waals surface area (Å²) in [6.45, 7) is 0. The SMILES string of the molecule is O=C1CCCCCC(Sc2ccccc2)C1. The molecule has 1 atom stereocenters. The number of carbonyl (C=O) groups is 1. The molecular formula is C14H18OS. The molecule has 1 aromatic carbocycles. The Kier molecular flexibility index (Phi) is 4.46. The molecule has 0 heterocycles. The summed E-state index contributed by atoms with van der Waals surface area (Å²) in [5, 5.41) is 0.496. The summed E-state index contributed by atoms with van der Waals surface area (Å²) in [7, 11) is 0. The number of rotatable bonds is 2. The molecule has 0 spiro atoms. The second-order valence-corrected chi connectivity index (χ2v) is 5.77. The van der Waals surface area contributed by atoms with Gasteiger partial charge >= 0.3 is 0 Å². The molecule has 1 fully saturated rings. The van der Waals surface area contributed by atoms with Gasteiger partial charge in [0.1, 0.15) is 5.78 Å². The molecular weight excluding hydrogens is 216 g/mol. The average Bonchev–Trinajstić information content (AvgIpc) is 2.27. The highest BCUT2D eigenvalue weighted by Gasteiger charge is 2.17. The minimum atomic E-state index is 0.452. The molecule has 0 N–H and O–H groups in total. The lowest BCUT2D eigenvalue weighted by molar-refractivity contribution is -0.119. The Hall–Kier alpha value is -0.760. The first-order chi connectivity index (χ1) is 7.84. The van der Waals surface area contributed by atoms with Crippen LogP contribution in [0.4, 0.5) is 0 Å². The van der Waals surface area contributed by atoms with Gasteiger partial charge in [-0.2, -0.15) is 0 Å². The summed E-state index contributed by atoms with van der Waals surface area (Å²) in [6.07, 6.45) is 6.34. The molecule has 0 aliphatic heterocycles. The standard InChI is InChI=1S/C14H18OS/c15-12-7-3-1-6-10-14(11-12)16-13-8-4-2-5-9-13/h2,4-5,8-9,14H,1,3,6-7,10-11H2. The fourth-order valence-corrected chi connectivity index (χ4v) is 3.37. The number of ketones is 1. The maximum Gasteiger partial charge on any atom is 0.134 e. The van der Waals surface area contributed by atoms with Crippen molar-refractivity contribution >= 4 is 17.5 Å². The third-order valence-electron chi connectivity index (χ3n) is 2.98. The van der Waals surface area contributed by atoms with E-state index in [1.54, 1.807) is 0 Å². The van der Waals surface area contributed by atoms with E-state index in [1.165, 1.54) is 24.2 Å². The molecule has 2 rings (SSSR count). The lowest BCUT2D eigenvalue weighted by Gasteiger charge is -2.18. The van der Waals surface area contributed by atoms with Crippen LogP contribution >= 0.6 is 11.8 Å². The minimum Gasteiger partial charge on any atom is -0.300 e. The third-order valence-corrected chi connectivity index (χ3v) is 4.26. The molecule has 0 saturated heterocycles. The molecule has 0 aromatic heterocycles. The van der Waals surface area contributed by atoms with E-state index in [0.717, 1.165) is 19.3 Å². The highest BCUT2D eigenvalue weighted by molar-refractivity contribution is 8.00. The van der Waals surface area contributed by atoms with Gasteiger partial charge in [-0.05, 0) is 25.0 Å². The fraction of sp³-hybridized carbons (Fsp3) is 0.500. The predicted octanol–water partition coefficient (Wildman–Crippen LogP) is 4.07. The van der Waals surface area contributed by atoms with Gasteiger partial charge in [0.2, 0.25) is 0 Å². The Balaban J connectivity index is 1.94. The quantitative estimate of drug-likeness (QED) is 0.767. The summed E-state index contributed by atoms with van der Waals surface area (Å²) in [5.41, 5.74) is 0. The Morgan fingerprint density at radius 2 is 1.88 bits per heavy atom. The van der Waals surface area contributed by atoms with Gasteiger partial charge in [0.05, 0.1) is 0 Å². The van der Waals surface area contributed by atoms with Gasteiger partial charge in [0, 0.05) is 23.0 Å². The van der Waals surface area contributed by atoms with Crippen molar-refractivity contribution in [1.29, 1.82) is 0 Å². The zero-order valence-corrected chi connectivity index (χ0v) is 10.3. The molecule has 0 radical (unpaired) electrons. The summed E-state index contributed by atoms with van der Waals surface area (Å²) >= 11 is 1.87. The molecule has 16 heavy (non-hydrogen) atoms. The van der Waals surface area contributed by atoms with Crippen molar-refractivity contribution in [2.75, 3.05) is 0 Å². The van der Waals surface area contributed by atoms with E-state index in [4.69, 9.17) is 0 Å². The van der Waals surface area contributed by atoms with Crippen LogP contribution in [0.15, 0.2) is 35.2 Å². The minimum absolute atomic E-state index is 0.452. The molecule has 1 nitrogen and oxygen atoms in total. The summed E-state index contributed by atoms with van der Waals surface area (Å²) in [6, 6.07) is 10.4. The summed E-state index contributed by atoms with van der Waals surface area (Å²) < 4.78 is 0. The zero-order valence-electron chi connectivity index (χ0n) is 9.52. The van der Waals surface area contributed by atoms with Crippen molar-refractivity contribution in [2.24, 2.45) is 0 Å². The molecule has 0 bridgehead atoms. The molecule has 1 unspecified atom stereocenters. The van der Waals surface area contributed by atoms with Crippen LogP contribution in [0.2, 0.25) is 0 Å². The van der Waals surface area contributed by atoms with Crippen molar-refractivity contribution in [3.05, 3.63) is 30.3 Å². The van der Waals surface area contributed by atoms with Gasteiger partial charge in [-0.3, -0.25) is 4.79 Å². The zero-order chi connectivity index (χ0) is 11.2. The maximum absolute atomic E-state index is 11.6. The van der Waals surface area contributed by atoms with Gasteiger partial charge < -0.3 is 0 Å². The summed E-state index contributed by atoms with van der Waals surface area (Å²) in [5.74, 6) is 0.452. The van der Waals surface area contributed by atoms with Gasteiger partial charge in [0.25, 0.3) is 0 Å². The summed E-state index contributed by atoms with van der Waals surface area (Å²) in [4.78, 5) is 12.9. The van der Waals surface area contributed by atoms with Crippen LogP contribution in [0, 0.1) is 0 Å². The fourth-order valence-electron chi connectivity index (χ4n) is 2.12. The smallest absolute Gasteiger partial charge is 0.134 e. The molecule has 1 saturated carbocycles. The lowest BCUT2D eigenvalue weighted by Crippen LogP contribution is -2.13. The van der Waals surface area contributed by atoms with E-state index >= 15 is 0 Å². The number of benzene rings is 1. The van der Waals surface area contributed by atoms with E-state index in [9.17, 15) is 4.79 Å². The Morgan fingerprint density at radius 3 is 2.69 bits per heavy atom. The monoisotopic (exact) mass is 234 g/mol. The second-order valence-electron chi connectivity index (χ2n) is 4.40. The van der Waals surface area contributed by atoms with Crippen LogP contribution in [0.5, 0.6) is 0 Å². The van der Waals surface area contributed by atoms with Crippen molar-refractivity contribution in [3.63, 3.8) is 0 Å². The number of Topliss-reactive ketones (excluding diaryl/α,β-unsaturated/α-hetero) is 1. The first kappa shape index (κ1) is 11.7. The Labute approximate surface area is 102 Å². The molecule has 0 amide bonds. The molecule has 1 aromatic rings. The average molecular weight is 234 g/mol. The third kappa shape index (κ3) is 3.67. The van der Waals surface area contributed by atoms with Crippen LogP contribution in [0.3, 0.4) is 0 Å². The first-order valence-corrected chi connectivity index (χ1v) is 6.96. The maximum atomic E-state index is 11.6. The first-order valence-electron chi connectivity index (χ1n) is 6.08. The normalized spacial score (nSPS) is 22.5. The van der Waals surface area contributed by atoms with E-state index in [2.05, 4.69) is 24.3 Å². The molecule has 1 aliphatic rings. The molecule has 1 aliphatic carbocycles. The van der Waals surface area contributed by atoms with Crippen molar-refractivity contribution in [1.82, 2.24) is 0 Å². The van der Waals surface area contributed by atoms with Crippen molar-refractivity contribution in [2.45, 2.75) is 48.7 Å². The van der Waals surface area contributed by atoms with Crippen molar-refractivity contribution < 1.29 is 4.79 Å². The largest absolute Gasteiger partial charge is 0.300 e. The molecule has 86 valence electrons. The Morgan fingerprint density at radius 1 is 1.06 bits per heavy atom. The van der Waals surface area contributed by atoms with E-state index in [1.807, 2.05) is 17.8 Å². The van der Waals surface area contributed by atoms with Gasteiger partial charge in [-0.25, -0.2) is 0 Å². The van der Waals surface area contributed by atoms with Gasteiger partial charge in [-0.15, -0.1) is 11.8 Å². The lowest BCUT2D eigenvalue weighted by atomic mass is 10.00. The number of hydrogen-bond acceptors (Lipinski definition) is 2. The number of hydrogen-bond donors (Lipinski definition) is 0. The van der Waals surface area contributed by atoms with Gasteiger partial charge in [-0.1, -0.05) is 31.0 Å². The van der Waals surface area contributed by atoms with Crippen LogP contribution in [-0.2, 0) is 4.79 Å². The van der Waals surface area contributed by atoms with E-state index in [0.29, 0.717) is 11.0 Å².